The van der Waals surface area contributed by atoms with Gasteiger partial charge in [0.2, 0.25) is 5.91 Å². The second kappa shape index (κ2) is 4.72. The van der Waals surface area contributed by atoms with E-state index in [1.165, 1.54) is 4.90 Å². The molecule has 0 aliphatic carbocycles. The molecule has 2 N–H and O–H groups in total. The largest absolute Gasteiger partial charge is 0.320 e. The molecule has 0 aromatic carbocycles. The predicted octanol–water partition coefficient (Wildman–Crippen LogP) is 0.782. The Kier molecular flexibility index (Phi) is 3.59. The van der Waals surface area contributed by atoms with E-state index < -0.39 is 6.04 Å². The summed E-state index contributed by atoms with van der Waals surface area (Å²) in [5, 5.41) is 0. The van der Waals surface area contributed by atoms with Crippen LogP contribution in [0.25, 0.3) is 0 Å². The minimum Gasteiger partial charge on any atom is -0.320 e. The Balaban J connectivity index is 2.76. The van der Waals surface area contributed by atoms with E-state index in [0.29, 0.717) is 12.2 Å². The molecule has 1 rings (SSSR count). The molecule has 4 nitrogen and oxygen atoms in total. The average Bonchev–Trinajstić information content (AvgIpc) is 2.27. The first kappa shape index (κ1) is 10.7. The molecule has 1 heterocycles. The number of hydrogen-bond acceptors (Lipinski definition) is 3. The number of rotatable bonds is 3. The van der Waals surface area contributed by atoms with Gasteiger partial charge >= 0.3 is 0 Å². The van der Waals surface area contributed by atoms with E-state index in [-0.39, 0.29) is 5.91 Å². The van der Waals surface area contributed by atoms with Crippen LogP contribution in [-0.4, -0.2) is 24.0 Å². The summed E-state index contributed by atoms with van der Waals surface area (Å²) in [7, 11) is 1.68. The number of likely N-dealkylation sites (N-methyl/N-ethyl adjacent to an activating group) is 1. The summed E-state index contributed by atoms with van der Waals surface area (Å²) in [6.45, 7) is 1.88. The molecular formula is C10H15N3O. The number of amides is 1. The van der Waals surface area contributed by atoms with Crippen LogP contribution in [0.5, 0.6) is 0 Å². The van der Waals surface area contributed by atoms with Gasteiger partial charge in [-0.05, 0) is 18.6 Å². The number of hydrogen-bond donors (Lipinski definition) is 1. The van der Waals surface area contributed by atoms with Crippen molar-refractivity contribution in [2.75, 3.05) is 11.9 Å². The van der Waals surface area contributed by atoms with Crippen molar-refractivity contribution in [3.63, 3.8) is 0 Å². The molecule has 1 atom stereocenters. The first-order valence-corrected chi connectivity index (χ1v) is 4.61. The van der Waals surface area contributed by atoms with Gasteiger partial charge in [0.15, 0.2) is 0 Å². The highest BCUT2D eigenvalue weighted by molar-refractivity contribution is 5.95. The Morgan fingerprint density at radius 3 is 2.86 bits per heavy atom. The summed E-state index contributed by atoms with van der Waals surface area (Å²) in [4.78, 5) is 17.2. The van der Waals surface area contributed by atoms with Crippen molar-refractivity contribution in [1.82, 2.24) is 4.98 Å². The third-order valence-electron chi connectivity index (χ3n) is 2.08. The molecule has 0 saturated heterocycles. The molecular weight excluding hydrogens is 178 g/mol. The van der Waals surface area contributed by atoms with Crippen molar-refractivity contribution in [3.05, 3.63) is 24.4 Å². The zero-order valence-corrected chi connectivity index (χ0v) is 8.47. The normalized spacial score (nSPS) is 12.2. The molecule has 1 amide bonds. The van der Waals surface area contributed by atoms with E-state index in [9.17, 15) is 4.79 Å². The highest BCUT2D eigenvalue weighted by Gasteiger charge is 2.17. The smallest absolute Gasteiger partial charge is 0.244 e. The lowest BCUT2D eigenvalue weighted by molar-refractivity contribution is -0.119. The van der Waals surface area contributed by atoms with Gasteiger partial charge < -0.3 is 5.73 Å². The minimum atomic E-state index is -0.443. The Morgan fingerprint density at radius 2 is 2.36 bits per heavy atom. The predicted molar refractivity (Wildman–Crippen MR) is 55.9 cm³/mol. The van der Waals surface area contributed by atoms with E-state index >= 15 is 0 Å². The van der Waals surface area contributed by atoms with Crippen LogP contribution in [0, 0.1) is 0 Å². The SMILES string of the molecule is CC[C@@H](N)C(=O)N(C)c1ccccn1. The molecule has 4 heteroatoms. The third kappa shape index (κ3) is 2.29. The Morgan fingerprint density at radius 1 is 1.64 bits per heavy atom. The van der Waals surface area contributed by atoms with Crippen molar-refractivity contribution < 1.29 is 4.79 Å². The van der Waals surface area contributed by atoms with Crippen LogP contribution in [0.3, 0.4) is 0 Å². The van der Waals surface area contributed by atoms with Crippen LogP contribution >= 0.6 is 0 Å². The third-order valence-corrected chi connectivity index (χ3v) is 2.08. The van der Waals surface area contributed by atoms with Gasteiger partial charge in [0.05, 0.1) is 6.04 Å². The molecule has 0 aliphatic rings. The van der Waals surface area contributed by atoms with E-state index in [1.807, 2.05) is 19.1 Å². The van der Waals surface area contributed by atoms with Crippen LogP contribution in [0.4, 0.5) is 5.82 Å². The zero-order valence-electron chi connectivity index (χ0n) is 8.47. The zero-order chi connectivity index (χ0) is 10.6. The van der Waals surface area contributed by atoms with E-state index in [1.54, 1.807) is 19.3 Å². The van der Waals surface area contributed by atoms with Crippen molar-refractivity contribution in [3.8, 4) is 0 Å². The quantitative estimate of drug-likeness (QED) is 0.771. The van der Waals surface area contributed by atoms with Gasteiger partial charge in [-0.3, -0.25) is 9.69 Å². The number of carbonyl (C=O) groups is 1. The monoisotopic (exact) mass is 193 g/mol. The summed E-state index contributed by atoms with van der Waals surface area (Å²) in [5.41, 5.74) is 5.64. The van der Waals surface area contributed by atoms with E-state index in [4.69, 9.17) is 5.73 Å². The first-order valence-electron chi connectivity index (χ1n) is 4.61. The highest BCUT2D eigenvalue weighted by Crippen LogP contribution is 2.08. The second-order valence-corrected chi connectivity index (χ2v) is 3.10. The van der Waals surface area contributed by atoms with Crippen molar-refractivity contribution >= 4 is 11.7 Å². The molecule has 0 bridgehead atoms. The van der Waals surface area contributed by atoms with Gasteiger partial charge in [0.1, 0.15) is 5.82 Å². The Labute approximate surface area is 83.7 Å². The van der Waals surface area contributed by atoms with Crippen molar-refractivity contribution in [1.29, 1.82) is 0 Å². The molecule has 76 valence electrons. The maximum absolute atomic E-state index is 11.6. The fourth-order valence-electron chi connectivity index (χ4n) is 1.09. The van der Waals surface area contributed by atoms with Crippen molar-refractivity contribution in [2.45, 2.75) is 19.4 Å². The topological polar surface area (TPSA) is 59.2 Å². The summed E-state index contributed by atoms with van der Waals surface area (Å²) in [6, 6.07) is 4.98. The van der Waals surface area contributed by atoms with Crippen LogP contribution in [0.15, 0.2) is 24.4 Å². The standard InChI is InChI=1S/C10H15N3O/c1-3-8(11)10(14)13(2)9-6-4-5-7-12-9/h4-8H,3,11H2,1-2H3/t8-/m1/s1. The van der Waals surface area contributed by atoms with Crippen LogP contribution in [-0.2, 0) is 4.79 Å². The maximum Gasteiger partial charge on any atom is 0.244 e. The van der Waals surface area contributed by atoms with Gasteiger partial charge in [-0.2, -0.15) is 0 Å². The number of carbonyl (C=O) groups excluding carboxylic acids is 1. The number of nitrogens with zero attached hydrogens (tertiary/aromatic N) is 2. The lowest BCUT2D eigenvalue weighted by Crippen LogP contribution is -2.41. The molecule has 0 fully saturated rings. The molecule has 0 radical (unpaired) electrons. The molecule has 1 aromatic rings. The number of aromatic nitrogens is 1. The second-order valence-electron chi connectivity index (χ2n) is 3.10. The van der Waals surface area contributed by atoms with Crippen LogP contribution in [0.1, 0.15) is 13.3 Å². The molecule has 0 aliphatic heterocycles. The number of anilines is 1. The maximum atomic E-state index is 11.6. The average molecular weight is 193 g/mol. The molecule has 0 spiro atoms. The van der Waals surface area contributed by atoms with E-state index in [2.05, 4.69) is 4.98 Å². The molecule has 0 unspecified atom stereocenters. The fraction of sp³-hybridized carbons (Fsp3) is 0.400. The lowest BCUT2D eigenvalue weighted by Gasteiger charge is -2.19. The number of nitrogens with two attached hydrogens (primary N) is 1. The Hall–Kier alpha value is -1.42. The van der Waals surface area contributed by atoms with Crippen molar-refractivity contribution in [2.24, 2.45) is 5.73 Å². The summed E-state index contributed by atoms with van der Waals surface area (Å²) in [6.07, 6.45) is 2.28. The van der Waals surface area contributed by atoms with Gasteiger partial charge in [-0.1, -0.05) is 13.0 Å². The molecule has 0 saturated carbocycles. The summed E-state index contributed by atoms with van der Waals surface area (Å²) in [5.74, 6) is 0.521. The highest BCUT2D eigenvalue weighted by atomic mass is 16.2. The van der Waals surface area contributed by atoms with Crippen LogP contribution in [0.2, 0.25) is 0 Å². The van der Waals surface area contributed by atoms with E-state index in [0.717, 1.165) is 0 Å². The first-order chi connectivity index (χ1) is 6.66. The fourth-order valence-corrected chi connectivity index (χ4v) is 1.09. The van der Waals surface area contributed by atoms with Crippen LogP contribution < -0.4 is 10.6 Å². The molecule has 1 aromatic heterocycles. The minimum absolute atomic E-state index is 0.105. The number of pyridine rings is 1. The van der Waals surface area contributed by atoms with Gasteiger partial charge in [0, 0.05) is 13.2 Å². The summed E-state index contributed by atoms with van der Waals surface area (Å²) >= 11 is 0. The molecule has 14 heavy (non-hydrogen) atoms. The lowest BCUT2D eigenvalue weighted by atomic mass is 10.2. The van der Waals surface area contributed by atoms with Gasteiger partial charge in [0.25, 0.3) is 0 Å². The summed E-state index contributed by atoms with van der Waals surface area (Å²) < 4.78 is 0. The van der Waals surface area contributed by atoms with Gasteiger partial charge in [-0.15, -0.1) is 0 Å². The van der Waals surface area contributed by atoms with Gasteiger partial charge in [-0.25, -0.2) is 4.98 Å². The Bertz CT molecular complexity index is 299.